The van der Waals surface area contributed by atoms with Crippen LogP contribution < -0.4 is 5.73 Å². The van der Waals surface area contributed by atoms with Crippen LogP contribution in [-0.2, 0) is 32.2 Å². The molecule has 0 aliphatic heterocycles. The molecule has 2 rings (SSSR count). The first-order chi connectivity index (χ1) is 11.4. The van der Waals surface area contributed by atoms with Crippen molar-refractivity contribution >= 4 is 10.1 Å². The second-order valence-corrected chi connectivity index (χ2v) is 7.12. The molecule has 2 N–H and O–H groups in total. The molecule has 24 heavy (non-hydrogen) atoms. The minimum atomic E-state index is -3.44. The fourth-order valence-electron chi connectivity index (χ4n) is 2.17. The minimum absolute atomic E-state index is 0.00528. The Balaban J connectivity index is 2.01. The molecule has 0 saturated carbocycles. The monoisotopic (exact) mass is 353 g/mol. The Morgan fingerprint density at radius 3 is 2.54 bits per heavy atom. The highest BCUT2D eigenvalue weighted by molar-refractivity contribution is 7.85. The average Bonchev–Trinajstić information content (AvgIpc) is 2.90. The molecule has 0 unspecified atom stereocenters. The van der Waals surface area contributed by atoms with Crippen molar-refractivity contribution in [2.45, 2.75) is 20.1 Å². The van der Waals surface area contributed by atoms with E-state index < -0.39 is 10.1 Å². The molecule has 1 aromatic carbocycles. The molecular formula is C16H23N3O4S. The first kappa shape index (κ1) is 18.6. The van der Waals surface area contributed by atoms with E-state index in [1.54, 1.807) is 0 Å². The summed E-state index contributed by atoms with van der Waals surface area (Å²) in [5, 5.41) is 4.57. The largest absolute Gasteiger partial charge is 0.373 e. The smallest absolute Gasteiger partial charge is 0.264 e. The number of rotatable bonds is 9. The quantitative estimate of drug-likeness (QED) is 0.539. The van der Waals surface area contributed by atoms with Crippen LogP contribution in [0.5, 0.6) is 0 Å². The van der Waals surface area contributed by atoms with Gasteiger partial charge in [-0.1, -0.05) is 29.8 Å². The number of benzene rings is 1. The molecule has 1 heterocycles. The molecule has 7 nitrogen and oxygen atoms in total. The SMILES string of the molecule is Cc1ccc(-c2cc(COCCOS(C)(=O)=O)n(CCN)n2)cc1. The lowest BCUT2D eigenvalue weighted by Crippen LogP contribution is -2.15. The van der Waals surface area contributed by atoms with Gasteiger partial charge in [0.15, 0.2) is 0 Å². The Hall–Kier alpha value is -1.74. The Kier molecular flexibility index (Phi) is 6.50. The molecule has 0 amide bonds. The Morgan fingerprint density at radius 2 is 1.92 bits per heavy atom. The number of nitrogens with two attached hydrogens (primary N) is 1. The van der Waals surface area contributed by atoms with Gasteiger partial charge in [-0.3, -0.25) is 8.86 Å². The first-order valence-corrected chi connectivity index (χ1v) is 9.46. The van der Waals surface area contributed by atoms with E-state index in [9.17, 15) is 8.42 Å². The van der Waals surface area contributed by atoms with E-state index in [2.05, 4.69) is 9.28 Å². The molecular weight excluding hydrogens is 330 g/mol. The zero-order valence-electron chi connectivity index (χ0n) is 13.9. The number of ether oxygens (including phenoxy) is 1. The van der Waals surface area contributed by atoms with Gasteiger partial charge in [0.1, 0.15) is 0 Å². The summed E-state index contributed by atoms with van der Waals surface area (Å²) in [5.74, 6) is 0. The standard InChI is InChI=1S/C16H23N3O4S/c1-13-3-5-14(6-4-13)16-11-15(19(18-16)8-7-17)12-22-9-10-23-24(2,20)21/h3-6,11H,7-10,12,17H2,1-2H3. The Morgan fingerprint density at radius 1 is 1.21 bits per heavy atom. The maximum Gasteiger partial charge on any atom is 0.264 e. The topological polar surface area (TPSA) is 96.4 Å². The van der Waals surface area contributed by atoms with E-state index >= 15 is 0 Å². The van der Waals surface area contributed by atoms with E-state index in [4.69, 9.17) is 10.5 Å². The third-order valence-electron chi connectivity index (χ3n) is 3.33. The van der Waals surface area contributed by atoms with Gasteiger partial charge < -0.3 is 10.5 Å². The Bertz CT molecular complexity index is 754. The second kappa shape index (κ2) is 8.39. The molecule has 0 radical (unpaired) electrons. The van der Waals surface area contributed by atoms with Gasteiger partial charge in [0.05, 0.1) is 44.0 Å². The van der Waals surface area contributed by atoms with Crippen LogP contribution in [-0.4, -0.2) is 44.2 Å². The average molecular weight is 353 g/mol. The van der Waals surface area contributed by atoms with Crippen LogP contribution in [0, 0.1) is 6.92 Å². The van der Waals surface area contributed by atoms with E-state index in [-0.39, 0.29) is 13.2 Å². The van der Waals surface area contributed by atoms with Gasteiger partial charge in [0.2, 0.25) is 0 Å². The van der Waals surface area contributed by atoms with Gasteiger partial charge >= 0.3 is 0 Å². The number of hydrogen-bond donors (Lipinski definition) is 1. The third-order valence-corrected chi connectivity index (χ3v) is 3.92. The molecule has 8 heteroatoms. The van der Waals surface area contributed by atoms with Gasteiger partial charge in [0.25, 0.3) is 10.1 Å². The summed E-state index contributed by atoms with van der Waals surface area (Å²) in [6.07, 6.45) is 1.01. The van der Waals surface area contributed by atoms with Gasteiger partial charge in [-0.15, -0.1) is 0 Å². The van der Waals surface area contributed by atoms with Crippen LogP contribution >= 0.6 is 0 Å². The lowest BCUT2D eigenvalue weighted by molar-refractivity contribution is 0.0866. The second-order valence-electron chi connectivity index (χ2n) is 5.48. The van der Waals surface area contributed by atoms with Gasteiger partial charge in [-0.05, 0) is 13.0 Å². The number of aryl methyl sites for hydroxylation is 1. The predicted molar refractivity (Wildman–Crippen MR) is 91.9 cm³/mol. The van der Waals surface area contributed by atoms with E-state index in [1.165, 1.54) is 5.56 Å². The molecule has 132 valence electrons. The van der Waals surface area contributed by atoms with Gasteiger partial charge in [-0.2, -0.15) is 13.5 Å². The lowest BCUT2D eigenvalue weighted by Gasteiger charge is -2.07. The van der Waals surface area contributed by atoms with Crippen LogP contribution in [0.2, 0.25) is 0 Å². The highest BCUT2D eigenvalue weighted by atomic mass is 32.2. The van der Waals surface area contributed by atoms with E-state index in [0.717, 1.165) is 23.2 Å². The summed E-state index contributed by atoms with van der Waals surface area (Å²) in [5.41, 5.74) is 9.59. The van der Waals surface area contributed by atoms with Crippen LogP contribution in [0.15, 0.2) is 30.3 Å². The van der Waals surface area contributed by atoms with E-state index in [1.807, 2.05) is 41.9 Å². The summed E-state index contributed by atoms with van der Waals surface area (Å²) in [7, 11) is -3.44. The fraction of sp³-hybridized carbons (Fsp3) is 0.438. The number of nitrogens with zero attached hydrogens (tertiary/aromatic N) is 2. The molecule has 0 fully saturated rings. The normalized spacial score (nSPS) is 11.8. The number of aromatic nitrogens is 2. The lowest BCUT2D eigenvalue weighted by atomic mass is 10.1. The third kappa shape index (κ3) is 5.72. The predicted octanol–water partition coefficient (Wildman–Crippen LogP) is 1.31. The zero-order chi connectivity index (χ0) is 17.6. The van der Waals surface area contributed by atoms with Crippen LogP contribution in [0.3, 0.4) is 0 Å². The maximum atomic E-state index is 10.9. The van der Waals surface area contributed by atoms with E-state index in [0.29, 0.717) is 19.7 Å². The molecule has 1 aromatic heterocycles. The summed E-state index contributed by atoms with van der Waals surface area (Å²) in [6, 6.07) is 10.1. The van der Waals surface area contributed by atoms with Crippen molar-refractivity contribution in [3.8, 4) is 11.3 Å². The summed E-state index contributed by atoms with van der Waals surface area (Å²) in [4.78, 5) is 0. The summed E-state index contributed by atoms with van der Waals surface area (Å²) in [6.45, 7) is 3.58. The minimum Gasteiger partial charge on any atom is -0.373 e. The van der Waals surface area contributed by atoms with Crippen molar-refractivity contribution in [2.24, 2.45) is 5.73 Å². The molecule has 0 atom stereocenters. The van der Waals surface area contributed by atoms with Gasteiger partial charge in [-0.25, -0.2) is 0 Å². The summed E-state index contributed by atoms with van der Waals surface area (Å²) >= 11 is 0. The molecule has 0 spiro atoms. The van der Waals surface area contributed by atoms with Crippen molar-refractivity contribution in [1.29, 1.82) is 0 Å². The van der Waals surface area contributed by atoms with Crippen LogP contribution in [0.4, 0.5) is 0 Å². The van der Waals surface area contributed by atoms with Crippen molar-refractivity contribution in [2.75, 3.05) is 26.0 Å². The molecule has 0 aliphatic rings. The van der Waals surface area contributed by atoms with Gasteiger partial charge in [0, 0.05) is 12.1 Å². The molecule has 2 aromatic rings. The van der Waals surface area contributed by atoms with Crippen molar-refractivity contribution in [3.63, 3.8) is 0 Å². The highest BCUT2D eigenvalue weighted by Crippen LogP contribution is 2.20. The summed E-state index contributed by atoms with van der Waals surface area (Å²) < 4.78 is 33.7. The van der Waals surface area contributed by atoms with Crippen LogP contribution in [0.25, 0.3) is 11.3 Å². The zero-order valence-corrected chi connectivity index (χ0v) is 14.8. The number of hydrogen-bond acceptors (Lipinski definition) is 6. The molecule has 0 saturated heterocycles. The maximum absolute atomic E-state index is 10.9. The Labute approximate surface area is 142 Å². The fourth-order valence-corrected chi connectivity index (χ4v) is 2.54. The van der Waals surface area contributed by atoms with Crippen LogP contribution in [0.1, 0.15) is 11.3 Å². The molecule has 0 aliphatic carbocycles. The van der Waals surface area contributed by atoms with Crippen molar-refractivity contribution < 1.29 is 17.3 Å². The highest BCUT2D eigenvalue weighted by Gasteiger charge is 2.10. The van der Waals surface area contributed by atoms with Crippen molar-refractivity contribution in [3.05, 3.63) is 41.6 Å². The first-order valence-electron chi connectivity index (χ1n) is 7.65. The molecule has 0 bridgehead atoms. The van der Waals surface area contributed by atoms with Crippen molar-refractivity contribution in [1.82, 2.24) is 9.78 Å².